The lowest BCUT2D eigenvalue weighted by molar-refractivity contribution is 1.07. The molecular weight excluding hydrogens is 1550 g/mol. The number of benzene rings is 19. The first-order valence-electron chi connectivity index (χ1n) is 41.7. The minimum atomic E-state index is 0.595. The monoisotopic (exact) mass is 1610 g/mol. The highest BCUT2D eigenvalue weighted by Crippen LogP contribution is 2.49. The predicted octanol–water partition coefficient (Wildman–Crippen LogP) is 30.8. The molecule has 25 aromatic rings. The fourth-order valence-electron chi connectivity index (χ4n) is 18.6. The fraction of sp³-hybridized carbons (Fsp3) is 0. The van der Waals surface area contributed by atoms with Crippen molar-refractivity contribution in [2.75, 3.05) is 0 Å². The van der Waals surface area contributed by atoms with Crippen LogP contribution in [0.3, 0.4) is 0 Å². The van der Waals surface area contributed by atoms with Gasteiger partial charge in [0.2, 0.25) is 0 Å². The molecule has 0 unspecified atom stereocenters. The van der Waals surface area contributed by atoms with Crippen LogP contribution < -0.4 is 0 Å². The predicted molar refractivity (Wildman–Crippen MR) is 520 cm³/mol. The molecule has 0 fully saturated rings. The van der Waals surface area contributed by atoms with E-state index in [1.807, 2.05) is 102 Å². The van der Waals surface area contributed by atoms with Crippen molar-refractivity contribution in [1.29, 1.82) is 0 Å². The van der Waals surface area contributed by atoms with E-state index >= 15 is 0 Å². The van der Waals surface area contributed by atoms with Gasteiger partial charge >= 0.3 is 0 Å². The molecule has 0 atom stereocenters. The Morgan fingerprint density at radius 3 is 0.798 bits per heavy atom. The molecule has 0 N–H and O–H groups in total. The normalized spacial score (nSPS) is 11.9. The summed E-state index contributed by atoms with van der Waals surface area (Å²) < 4.78 is 4.87. The summed E-state index contributed by atoms with van der Waals surface area (Å²) in [7, 11) is 0. The lowest BCUT2D eigenvalue weighted by Gasteiger charge is -2.13. The van der Waals surface area contributed by atoms with E-state index in [9.17, 15) is 0 Å². The van der Waals surface area contributed by atoms with Crippen LogP contribution in [0.25, 0.3) is 262 Å². The van der Waals surface area contributed by atoms with Crippen LogP contribution in [0, 0.1) is 0 Å². The third kappa shape index (κ3) is 12.0. The summed E-state index contributed by atoms with van der Waals surface area (Å²) in [5, 5.41) is 21.8. The fourth-order valence-corrected chi connectivity index (χ4v) is 21.2. The van der Waals surface area contributed by atoms with Gasteiger partial charge in [0.25, 0.3) is 0 Å². The highest BCUT2D eigenvalue weighted by atomic mass is 32.1. The number of aromatic nitrogens is 8. The standard InChI is InChI=1S/C114H66N8S2/c1-4-21-71(22-5-1)109-118-112(120-113(119-109)75-49-45-69(46-50-75)77-51-58-93-99(64-77)115-105(103-95-37-18-19-38-101(95)123-107(93)103)80-54-56-91-87-33-12-10-29-83(87)85-31-14-16-35-89(85)97(91)62-80)74-47-43-68(44-48-74)67-39-41-70(42-40-67)79-53-60-96-102(66-79)124-108-94-59-52-78(76-27-20-28-82(61-76)114-121-110(72-23-6-2-7-24-72)117-111(122-114)73-25-8-3-9-26-73)65-100(94)116-106(104(96)108)81-55-57-92-88-34-13-11-30-84(88)86-32-15-17-36-90(86)98(92)63-81/h1-66H. The lowest BCUT2D eigenvalue weighted by atomic mass is 9.92. The van der Waals surface area contributed by atoms with Crippen LogP contribution in [0.1, 0.15) is 0 Å². The molecule has 0 saturated carbocycles. The van der Waals surface area contributed by atoms with Gasteiger partial charge in [-0.3, -0.25) is 0 Å². The average molecular weight is 1610 g/mol. The van der Waals surface area contributed by atoms with Crippen LogP contribution in [0.2, 0.25) is 0 Å². The molecule has 0 amide bonds. The number of hydrogen-bond donors (Lipinski definition) is 0. The molecule has 0 aliphatic heterocycles. The zero-order chi connectivity index (χ0) is 81.5. The van der Waals surface area contributed by atoms with E-state index in [2.05, 4.69) is 322 Å². The number of hydrogen-bond acceptors (Lipinski definition) is 10. The van der Waals surface area contributed by atoms with Crippen LogP contribution in [0.15, 0.2) is 400 Å². The highest BCUT2D eigenvalue weighted by Gasteiger charge is 2.24. The van der Waals surface area contributed by atoms with E-state index in [4.69, 9.17) is 39.9 Å². The largest absolute Gasteiger partial charge is 0.247 e. The van der Waals surface area contributed by atoms with Crippen LogP contribution >= 0.6 is 22.7 Å². The molecule has 0 aliphatic rings. The Hall–Kier alpha value is -16.0. The Morgan fingerprint density at radius 1 is 0.137 bits per heavy atom. The van der Waals surface area contributed by atoms with E-state index in [1.54, 1.807) is 0 Å². The van der Waals surface area contributed by atoms with Crippen LogP contribution in [0.4, 0.5) is 0 Å². The topological polar surface area (TPSA) is 103 Å². The van der Waals surface area contributed by atoms with Crippen LogP contribution in [0.5, 0.6) is 0 Å². The van der Waals surface area contributed by atoms with Gasteiger partial charge < -0.3 is 0 Å². The van der Waals surface area contributed by atoms with Gasteiger partial charge in [-0.25, -0.2) is 39.9 Å². The number of nitrogens with zero attached hydrogens (tertiary/aromatic N) is 8. The first kappa shape index (κ1) is 71.0. The smallest absolute Gasteiger partial charge is 0.164 e. The molecule has 19 aromatic carbocycles. The quantitative estimate of drug-likeness (QED) is 0.111. The maximum atomic E-state index is 5.79. The Balaban J connectivity index is 0.535. The lowest BCUT2D eigenvalue weighted by Crippen LogP contribution is -2.00. The molecule has 124 heavy (non-hydrogen) atoms. The molecule has 0 aliphatic carbocycles. The van der Waals surface area contributed by atoms with Gasteiger partial charge in [-0.2, -0.15) is 0 Å². The van der Waals surface area contributed by atoms with Crippen molar-refractivity contribution in [2.24, 2.45) is 0 Å². The van der Waals surface area contributed by atoms with Gasteiger partial charge in [-0.1, -0.05) is 358 Å². The van der Waals surface area contributed by atoms with Crippen LogP contribution in [-0.2, 0) is 0 Å². The second-order valence-electron chi connectivity index (χ2n) is 31.9. The molecule has 6 aromatic heterocycles. The van der Waals surface area contributed by atoms with Gasteiger partial charge in [0.05, 0.1) is 22.4 Å². The molecule has 574 valence electrons. The van der Waals surface area contributed by atoms with Crippen molar-refractivity contribution >= 4 is 149 Å². The Labute approximate surface area is 719 Å². The summed E-state index contributed by atoms with van der Waals surface area (Å²) in [6, 6.07) is 143. The van der Waals surface area contributed by atoms with Crippen molar-refractivity contribution in [2.45, 2.75) is 0 Å². The first-order valence-corrected chi connectivity index (χ1v) is 43.4. The van der Waals surface area contributed by atoms with Crippen molar-refractivity contribution < 1.29 is 0 Å². The van der Waals surface area contributed by atoms with Crippen LogP contribution in [-0.4, -0.2) is 39.9 Å². The first-order chi connectivity index (χ1) is 61.4. The number of thiophene rings is 2. The summed E-state index contributed by atoms with van der Waals surface area (Å²) in [4.78, 5) is 42.2. The Morgan fingerprint density at radius 2 is 0.387 bits per heavy atom. The third-order valence-electron chi connectivity index (χ3n) is 24.7. The third-order valence-corrected chi connectivity index (χ3v) is 27.1. The SMILES string of the molecule is c1ccc(-c2nc(-c3ccc(-c4ccc(-c5ccc6c(c5)sc5c7ccc(-c8cccc(-c9nc(-c%10ccccc%10)nc(-c%10ccccc%10)n9)c8)cc7nc(-c7ccc8c9ccccc9c9ccccc9c8c7)c65)cc4)cc3)nc(-c3ccc(-c4ccc5c(c4)nc(-c4ccc6c7ccccc7c7ccccc7c6c4)c4c6ccccc6sc54)cc3)n2)cc1. The summed E-state index contributed by atoms with van der Waals surface area (Å²) in [6.45, 7) is 0. The summed E-state index contributed by atoms with van der Waals surface area (Å²) in [5.41, 5.74) is 20.1. The second kappa shape index (κ2) is 28.9. The second-order valence-corrected chi connectivity index (χ2v) is 34.0. The van der Waals surface area contributed by atoms with Gasteiger partial charge in [0.15, 0.2) is 34.9 Å². The maximum Gasteiger partial charge on any atom is 0.164 e. The molecule has 0 saturated heterocycles. The van der Waals surface area contributed by atoms with Crippen molar-refractivity contribution in [3.8, 4) is 135 Å². The van der Waals surface area contributed by atoms with Gasteiger partial charge in [0.1, 0.15) is 0 Å². The average Bonchev–Trinajstić information content (AvgIpc) is 1.44. The molecule has 0 radical (unpaired) electrons. The summed E-state index contributed by atoms with van der Waals surface area (Å²) in [6.07, 6.45) is 0. The molecular formula is C114H66N8S2. The number of rotatable bonds is 12. The maximum absolute atomic E-state index is 5.79. The van der Waals surface area contributed by atoms with E-state index < -0.39 is 0 Å². The van der Waals surface area contributed by atoms with Gasteiger partial charge in [-0.15, -0.1) is 22.7 Å². The molecule has 10 heteroatoms. The van der Waals surface area contributed by atoms with E-state index in [1.165, 1.54) is 99.6 Å². The van der Waals surface area contributed by atoms with Crippen molar-refractivity contribution in [3.63, 3.8) is 0 Å². The number of fused-ring (bicyclic) bond motifs is 22. The van der Waals surface area contributed by atoms with Gasteiger partial charge in [-0.05, 0) is 152 Å². The van der Waals surface area contributed by atoms with E-state index in [0.717, 1.165) is 128 Å². The Bertz CT molecular complexity index is 8590. The molecule has 0 spiro atoms. The zero-order valence-corrected chi connectivity index (χ0v) is 68.1. The molecule has 6 heterocycles. The number of pyridine rings is 2. The van der Waals surface area contributed by atoms with Crippen molar-refractivity contribution in [1.82, 2.24) is 39.9 Å². The van der Waals surface area contributed by atoms with Gasteiger partial charge in [0, 0.05) is 95.6 Å². The molecule has 8 nitrogen and oxygen atoms in total. The molecule has 0 bridgehead atoms. The minimum absolute atomic E-state index is 0.595. The zero-order valence-electron chi connectivity index (χ0n) is 66.5. The minimum Gasteiger partial charge on any atom is -0.247 e. The Kier molecular flexibility index (Phi) is 16.5. The summed E-state index contributed by atoms with van der Waals surface area (Å²) >= 11 is 3.68. The highest BCUT2D eigenvalue weighted by molar-refractivity contribution is 7.27. The summed E-state index contributed by atoms with van der Waals surface area (Å²) in [5.74, 6) is 3.65. The van der Waals surface area contributed by atoms with E-state index in [0.29, 0.717) is 34.9 Å². The van der Waals surface area contributed by atoms with E-state index in [-0.39, 0.29) is 0 Å². The van der Waals surface area contributed by atoms with Crippen molar-refractivity contribution in [3.05, 3.63) is 400 Å². The molecule has 25 rings (SSSR count).